The number of allylic oxidation sites excluding steroid dienone is 4. The summed E-state index contributed by atoms with van der Waals surface area (Å²) in [5.74, 6) is 0.200. The van der Waals surface area contributed by atoms with E-state index in [1.807, 2.05) is 0 Å². The fourth-order valence-electron chi connectivity index (χ4n) is 3.05. The van der Waals surface area contributed by atoms with Crippen LogP contribution in [0, 0.1) is 23.7 Å². The van der Waals surface area contributed by atoms with Gasteiger partial charge in [0.25, 0.3) is 0 Å². The van der Waals surface area contributed by atoms with Crippen molar-refractivity contribution in [1.29, 1.82) is 0 Å². The molecule has 2 bridgehead atoms. The van der Waals surface area contributed by atoms with Crippen molar-refractivity contribution in [1.82, 2.24) is 0 Å². The Morgan fingerprint density at radius 3 is 2.88 bits per heavy atom. The van der Waals surface area contributed by atoms with Crippen LogP contribution in [0.3, 0.4) is 0 Å². The molecule has 1 N–H and O–H groups in total. The smallest absolute Gasteiger partial charge is 0.307 e. The Morgan fingerprint density at radius 2 is 2.19 bits per heavy atom. The normalized spacial score (nSPS) is 36.3. The van der Waals surface area contributed by atoms with Crippen molar-refractivity contribution in [3.63, 3.8) is 0 Å². The predicted molar refractivity (Wildman–Crippen MR) is 64.0 cm³/mol. The summed E-state index contributed by atoms with van der Waals surface area (Å²) in [6.45, 7) is 2.17. The van der Waals surface area contributed by atoms with Gasteiger partial charge in [0, 0.05) is 0 Å². The van der Waals surface area contributed by atoms with Gasteiger partial charge in [0.1, 0.15) is 0 Å². The molecule has 4 unspecified atom stereocenters. The van der Waals surface area contributed by atoms with Gasteiger partial charge in [-0.2, -0.15) is 0 Å². The highest BCUT2D eigenvalue weighted by molar-refractivity contribution is 5.72. The van der Waals surface area contributed by atoms with E-state index in [9.17, 15) is 9.90 Å². The minimum Gasteiger partial charge on any atom is -0.481 e. The van der Waals surface area contributed by atoms with Gasteiger partial charge in [-0.25, -0.2) is 0 Å². The Morgan fingerprint density at radius 1 is 1.44 bits per heavy atom. The Bertz CT molecular complexity index is 317. The van der Waals surface area contributed by atoms with Crippen LogP contribution in [0.2, 0.25) is 0 Å². The summed E-state index contributed by atoms with van der Waals surface area (Å²) in [7, 11) is 0. The molecule has 0 aromatic heterocycles. The molecule has 2 rings (SSSR count). The van der Waals surface area contributed by atoms with Crippen LogP contribution in [0.1, 0.15) is 32.6 Å². The second-order valence-corrected chi connectivity index (χ2v) is 4.96. The minimum atomic E-state index is -0.623. The van der Waals surface area contributed by atoms with E-state index in [1.165, 1.54) is 12.8 Å². The van der Waals surface area contributed by atoms with E-state index in [1.54, 1.807) is 0 Å². The van der Waals surface area contributed by atoms with E-state index in [2.05, 4.69) is 31.2 Å². The summed E-state index contributed by atoms with van der Waals surface area (Å²) in [4.78, 5) is 11.2. The fourth-order valence-corrected chi connectivity index (χ4v) is 3.05. The number of rotatable bonds is 5. The molecule has 4 atom stereocenters. The predicted octanol–water partition coefficient (Wildman–Crippen LogP) is 3.26. The Kier molecular flexibility index (Phi) is 3.47. The Balaban J connectivity index is 1.99. The first kappa shape index (κ1) is 11.4. The van der Waals surface area contributed by atoms with E-state index < -0.39 is 5.97 Å². The summed E-state index contributed by atoms with van der Waals surface area (Å²) in [6.07, 6.45) is 13.2. The van der Waals surface area contributed by atoms with Crippen molar-refractivity contribution < 1.29 is 9.90 Å². The monoisotopic (exact) mass is 220 g/mol. The minimum absolute atomic E-state index is 0.173. The van der Waals surface area contributed by atoms with E-state index in [0.29, 0.717) is 5.92 Å². The van der Waals surface area contributed by atoms with Gasteiger partial charge in [-0.15, -0.1) is 0 Å². The lowest BCUT2D eigenvalue weighted by Crippen LogP contribution is -2.25. The summed E-state index contributed by atoms with van der Waals surface area (Å²) >= 11 is 0. The molecule has 88 valence electrons. The first-order valence-corrected chi connectivity index (χ1v) is 6.31. The molecule has 0 amide bonds. The number of unbranched alkanes of at least 4 members (excludes halogenated alkanes) is 2. The van der Waals surface area contributed by atoms with E-state index >= 15 is 0 Å². The number of carboxylic acids is 1. The van der Waals surface area contributed by atoms with Crippen LogP contribution < -0.4 is 0 Å². The molecule has 0 radical (unpaired) electrons. The van der Waals surface area contributed by atoms with Crippen LogP contribution in [0.5, 0.6) is 0 Å². The molecule has 0 saturated heterocycles. The number of carboxylic acid groups (broad SMARTS) is 1. The van der Waals surface area contributed by atoms with Crippen molar-refractivity contribution >= 4 is 5.97 Å². The zero-order valence-corrected chi connectivity index (χ0v) is 9.80. The first-order valence-electron chi connectivity index (χ1n) is 6.31. The summed E-state index contributed by atoms with van der Waals surface area (Å²) in [5, 5.41) is 9.24. The molecular weight excluding hydrogens is 200 g/mol. The van der Waals surface area contributed by atoms with Crippen LogP contribution in [-0.2, 0) is 4.79 Å². The van der Waals surface area contributed by atoms with Gasteiger partial charge in [0.15, 0.2) is 0 Å². The maximum atomic E-state index is 11.2. The van der Waals surface area contributed by atoms with Gasteiger partial charge in [-0.1, -0.05) is 44.1 Å². The van der Waals surface area contributed by atoms with Crippen molar-refractivity contribution in [2.75, 3.05) is 0 Å². The Labute approximate surface area is 97.0 Å². The van der Waals surface area contributed by atoms with Gasteiger partial charge in [-0.05, 0) is 30.6 Å². The first-order chi connectivity index (χ1) is 7.74. The molecule has 0 aliphatic heterocycles. The quantitative estimate of drug-likeness (QED) is 0.570. The molecule has 1 fully saturated rings. The number of hydrogen-bond acceptors (Lipinski definition) is 1. The zero-order chi connectivity index (χ0) is 11.5. The van der Waals surface area contributed by atoms with Crippen molar-refractivity contribution in [3.8, 4) is 0 Å². The van der Waals surface area contributed by atoms with Gasteiger partial charge in [0.2, 0.25) is 0 Å². The highest BCUT2D eigenvalue weighted by Crippen LogP contribution is 2.48. The second kappa shape index (κ2) is 4.86. The molecule has 0 aromatic rings. The standard InChI is InChI=1S/C14H20O2/c1-2-3-4-5-6-12-10-7-8-11(9-10)13(12)14(15)16/h5-8,10-13H,2-4,9H2,1H3,(H,15,16). The van der Waals surface area contributed by atoms with Gasteiger partial charge < -0.3 is 5.11 Å². The molecule has 2 aliphatic carbocycles. The third-order valence-corrected chi connectivity index (χ3v) is 3.89. The molecule has 2 nitrogen and oxygen atoms in total. The lowest BCUT2D eigenvalue weighted by atomic mass is 9.83. The molecule has 2 heteroatoms. The molecular formula is C14H20O2. The maximum absolute atomic E-state index is 11.2. The van der Waals surface area contributed by atoms with Crippen LogP contribution in [0.4, 0.5) is 0 Å². The highest BCUT2D eigenvalue weighted by Gasteiger charge is 2.46. The van der Waals surface area contributed by atoms with Crippen LogP contribution in [0.25, 0.3) is 0 Å². The van der Waals surface area contributed by atoms with Crippen LogP contribution >= 0.6 is 0 Å². The summed E-state index contributed by atoms with van der Waals surface area (Å²) in [6, 6.07) is 0. The number of hydrogen-bond donors (Lipinski definition) is 1. The third-order valence-electron chi connectivity index (χ3n) is 3.89. The third kappa shape index (κ3) is 2.06. The van der Waals surface area contributed by atoms with Gasteiger partial charge >= 0.3 is 5.97 Å². The molecule has 16 heavy (non-hydrogen) atoms. The SMILES string of the molecule is CCCCC=CC1C2C=CC(C2)C1C(=O)O. The lowest BCUT2D eigenvalue weighted by Gasteiger charge is -2.21. The number of aliphatic carboxylic acids is 1. The molecule has 0 heterocycles. The van der Waals surface area contributed by atoms with E-state index in [4.69, 9.17) is 0 Å². The van der Waals surface area contributed by atoms with E-state index in [-0.39, 0.29) is 17.8 Å². The lowest BCUT2D eigenvalue weighted by molar-refractivity contribution is -0.143. The highest BCUT2D eigenvalue weighted by atomic mass is 16.4. The number of fused-ring (bicyclic) bond motifs is 2. The average molecular weight is 220 g/mol. The van der Waals surface area contributed by atoms with Gasteiger partial charge in [0.05, 0.1) is 5.92 Å². The van der Waals surface area contributed by atoms with Crippen LogP contribution in [0.15, 0.2) is 24.3 Å². The average Bonchev–Trinajstić information content (AvgIpc) is 2.83. The number of carbonyl (C=O) groups is 1. The Hall–Kier alpha value is -1.05. The maximum Gasteiger partial charge on any atom is 0.307 e. The topological polar surface area (TPSA) is 37.3 Å². The van der Waals surface area contributed by atoms with Crippen molar-refractivity contribution in [2.45, 2.75) is 32.6 Å². The second-order valence-electron chi connectivity index (χ2n) is 4.96. The molecule has 1 saturated carbocycles. The molecule has 0 spiro atoms. The summed E-state index contributed by atoms with van der Waals surface area (Å²) in [5.41, 5.74) is 0. The van der Waals surface area contributed by atoms with Crippen molar-refractivity contribution in [2.24, 2.45) is 23.7 Å². The summed E-state index contributed by atoms with van der Waals surface area (Å²) < 4.78 is 0. The van der Waals surface area contributed by atoms with Crippen molar-refractivity contribution in [3.05, 3.63) is 24.3 Å². The van der Waals surface area contributed by atoms with Gasteiger partial charge in [-0.3, -0.25) is 4.79 Å². The molecule has 2 aliphatic rings. The molecule has 0 aromatic carbocycles. The van der Waals surface area contributed by atoms with Crippen LogP contribution in [-0.4, -0.2) is 11.1 Å². The van der Waals surface area contributed by atoms with E-state index in [0.717, 1.165) is 12.8 Å². The fraction of sp³-hybridized carbons (Fsp3) is 0.643. The zero-order valence-electron chi connectivity index (χ0n) is 9.80. The largest absolute Gasteiger partial charge is 0.481 e.